The van der Waals surface area contributed by atoms with E-state index in [0.29, 0.717) is 36.8 Å². The van der Waals surface area contributed by atoms with E-state index in [1.165, 1.54) is 0 Å². The lowest BCUT2D eigenvalue weighted by Crippen LogP contribution is -2.52. The first-order chi connectivity index (χ1) is 15.1. The molecule has 4 rings (SSSR count). The van der Waals surface area contributed by atoms with Crippen molar-refractivity contribution in [1.82, 2.24) is 20.3 Å². The van der Waals surface area contributed by atoms with E-state index >= 15 is 0 Å². The highest BCUT2D eigenvalue weighted by molar-refractivity contribution is 5.90. The molecule has 0 radical (unpaired) electrons. The molecule has 1 aromatic heterocycles. The number of aryl methyl sites for hydroxylation is 1. The number of carbonyl (C=O) groups is 1. The number of aliphatic hydroxyl groups excluding tert-OH is 1. The number of hydrogen-bond acceptors (Lipinski definition) is 8. The molecule has 3 atom stereocenters. The van der Waals surface area contributed by atoms with Crippen molar-refractivity contribution < 1.29 is 28.8 Å². The van der Waals surface area contributed by atoms with Gasteiger partial charge >= 0.3 is 6.03 Å². The molecule has 0 spiro atoms. The van der Waals surface area contributed by atoms with Crippen molar-refractivity contribution in [1.29, 1.82) is 0 Å². The molecule has 1 aromatic carbocycles. The molecule has 11 heteroatoms. The first-order valence-electron chi connectivity index (χ1n) is 10.3. The van der Waals surface area contributed by atoms with E-state index < -0.39 is 6.10 Å². The SMILES string of the molecule is COCc1cn(CC[C@H]2CC[C@H](NC(=O)Nc3ccc4c(c3)OCO4)[C@H](CO)O2)nn1. The van der Waals surface area contributed by atoms with Gasteiger partial charge in [-0.3, -0.25) is 4.68 Å². The first kappa shape index (κ1) is 21.3. The highest BCUT2D eigenvalue weighted by Crippen LogP contribution is 2.34. The van der Waals surface area contributed by atoms with Crippen LogP contribution >= 0.6 is 0 Å². The molecule has 0 saturated carbocycles. The van der Waals surface area contributed by atoms with Crippen molar-refractivity contribution in [3.8, 4) is 11.5 Å². The first-order valence-corrected chi connectivity index (χ1v) is 10.3. The molecule has 168 valence electrons. The molecule has 2 aliphatic rings. The Morgan fingerprint density at radius 3 is 3.03 bits per heavy atom. The van der Waals surface area contributed by atoms with Crippen molar-refractivity contribution in [2.75, 3.05) is 25.8 Å². The molecule has 2 aromatic rings. The highest BCUT2D eigenvalue weighted by Gasteiger charge is 2.32. The highest BCUT2D eigenvalue weighted by atomic mass is 16.7. The standard InChI is InChI=1S/C20H27N5O6/c1-28-11-14-9-25(24-23-14)7-6-15-3-4-16(19(10-26)31-15)22-20(27)21-13-2-5-17-18(8-13)30-12-29-17/h2,5,8-9,15-16,19,26H,3-4,6-7,10-12H2,1H3,(H2,21,22,27)/t15-,16+,19+/m1/s1. The lowest BCUT2D eigenvalue weighted by molar-refractivity contribution is -0.0905. The monoisotopic (exact) mass is 433 g/mol. The number of anilines is 1. The molecular formula is C20H27N5O6. The maximum atomic E-state index is 12.4. The van der Waals surface area contributed by atoms with Crippen LogP contribution in [0.4, 0.5) is 10.5 Å². The number of aromatic nitrogens is 3. The van der Waals surface area contributed by atoms with Crippen LogP contribution in [0.25, 0.3) is 0 Å². The van der Waals surface area contributed by atoms with Gasteiger partial charge in [-0.1, -0.05) is 5.21 Å². The lowest BCUT2D eigenvalue weighted by Gasteiger charge is -2.36. The number of aliphatic hydroxyl groups is 1. The van der Waals surface area contributed by atoms with Crippen LogP contribution < -0.4 is 20.1 Å². The molecule has 0 bridgehead atoms. The maximum Gasteiger partial charge on any atom is 0.319 e. The number of fused-ring (bicyclic) bond motifs is 1. The number of hydrogen-bond donors (Lipinski definition) is 3. The largest absolute Gasteiger partial charge is 0.454 e. The Kier molecular flexibility index (Phi) is 6.85. The summed E-state index contributed by atoms with van der Waals surface area (Å²) in [5.41, 5.74) is 1.37. The number of nitrogens with zero attached hydrogens (tertiary/aromatic N) is 3. The van der Waals surface area contributed by atoms with Crippen molar-refractivity contribution >= 4 is 11.7 Å². The Bertz CT molecular complexity index is 891. The average molecular weight is 433 g/mol. The van der Waals surface area contributed by atoms with E-state index in [1.807, 2.05) is 6.20 Å². The number of rotatable bonds is 8. The van der Waals surface area contributed by atoms with E-state index in [9.17, 15) is 9.90 Å². The quantitative estimate of drug-likeness (QED) is 0.568. The van der Waals surface area contributed by atoms with Crippen LogP contribution in [0.1, 0.15) is 25.0 Å². The fourth-order valence-electron chi connectivity index (χ4n) is 3.76. The van der Waals surface area contributed by atoms with Crippen LogP contribution in [-0.2, 0) is 22.6 Å². The molecule has 0 aliphatic carbocycles. The van der Waals surface area contributed by atoms with Gasteiger partial charge < -0.3 is 34.7 Å². The van der Waals surface area contributed by atoms with Gasteiger partial charge in [0.1, 0.15) is 11.8 Å². The number of nitrogens with one attached hydrogen (secondary N) is 2. The zero-order valence-corrected chi connectivity index (χ0v) is 17.3. The smallest absolute Gasteiger partial charge is 0.319 e. The van der Waals surface area contributed by atoms with E-state index in [2.05, 4.69) is 20.9 Å². The van der Waals surface area contributed by atoms with Gasteiger partial charge in [0.05, 0.1) is 31.6 Å². The molecule has 0 unspecified atom stereocenters. The minimum absolute atomic E-state index is 0.0257. The number of urea groups is 1. The molecule has 1 fully saturated rings. The van der Waals surface area contributed by atoms with Crippen molar-refractivity contribution in [2.45, 2.75) is 50.7 Å². The third-order valence-electron chi connectivity index (χ3n) is 5.30. The third kappa shape index (κ3) is 5.43. The Balaban J connectivity index is 1.24. The summed E-state index contributed by atoms with van der Waals surface area (Å²) in [7, 11) is 1.61. The number of methoxy groups -OCH3 is 1. The zero-order valence-electron chi connectivity index (χ0n) is 17.3. The third-order valence-corrected chi connectivity index (χ3v) is 5.30. The number of ether oxygens (including phenoxy) is 4. The van der Waals surface area contributed by atoms with E-state index in [4.69, 9.17) is 18.9 Å². The summed E-state index contributed by atoms with van der Waals surface area (Å²) in [5, 5.41) is 23.6. The molecule has 1 saturated heterocycles. The van der Waals surface area contributed by atoms with Crippen molar-refractivity contribution in [3.63, 3.8) is 0 Å². The Labute approximate surface area is 179 Å². The Morgan fingerprint density at radius 1 is 1.32 bits per heavy atom. The van der Waals surface area contributed by atoms with Gasteiger partial charge in [-0.25, -0.2) is 4.79 Å². The summed E-state index contributed by atoms with van der Waals surface area (Å²) in [6, 6.07) is 4.55. The molecule has 3 heterocycles. The van der Waals surface area contributed by atoms with Crippen molar-refractivity contribution in [2.24, 2.45) is 0 Å². The van der Waals surface area contributed by atoms with Crippen LogP contribution in [0.3, 0.4) is 0 Å². The minimum Gasteiger partial charge on any atom is -0.454 e. The van der Waals surface area contributed by atoms with Crippen LogP contribution in [0.15, 0.2) is 24.4 Å². The Hall–Kier alpha value is -2.89. The summed E-state index contributed by atoms with van der Waals surface area (Å²) in [4.78, 5) is 12.4. The van der Waals surface area contributed by atoms with E-state index in [0.717, 1.165) is 18.5 Å². The van der Waals surface area contributed by atoms with E-state index in [-0.39, 0.29) is 31.6 Å². The fraction of sp³-hybridized carbons (Fsp3) is 0.550. The summed E-state index contributed by atoms with van der Waals surface area (Å²) in [5.74, 6) is 1.25. The van der Waals surface area contributed by atoms with Gasteiger partial charge in [0.15, 0.2) is 11.5 Å². The van der Waals surface area contributed by atoms with Gasteiger partial charge in [0, 0.05) is 25.4 Å². The van der Waals surface area contributed by atoms with Crippen LogP contribution in [-0.4, -0.2) is 64.9 Å². The second kappa shape index (κ2) is 9.94. The van der Waals surface area contributed by atoms with Gasteiger partial charge in [0.25, 0.3) is 0 Å². The van der Waals surface area contributed by atoms with Gasteiger partial charge in [0.2, 0.25) is 6.79 Å². The van der Waals surface area contributed by atoms with Gasteiger partial charge in [-0.2, -0.15) is 0 Å². The molecule has 31 heavy (non-hydrogen) atoms. The number of carbonyl (C=O) groups excluding carboxylic acids is 1. The fourth-order valence-corrected chi connectivity index (χ4v) is 3.76. The topological polar surface area (TPSA) is 129 Å². The van der Waals surface area contributed by atoms with Gasteiger partial charge in [-0.15, -0.1) is 5.10 Å². The molecule has 2 aliphatic heterocycles. The normalized spacial score (nSPS) is 22.3. The molecule has 11 nitrogen and oxygen atoms in total. The van der Waals surface area contributed by atoms with Crippen LogP contribution in [0, 0.1) is 0 Å². The van der Waals surface area contributed by atoms with E-state index in [1.54, 1.807) is 30.0 Å². The van der Waals surface area contributed by atoms with Crippen molar-refractivity contribution in [3.05, 3.63) is 30.1 Å². The Morgan fingerprint density at radius 2 is 2.19 bits per heavy atom. The van der Waals surface area contributed by atoms with Crippen LogP contribution in [0.2, 0.25) is 0 Å². The van der Waals surface area contributed by atoms with Gasteiger partial charge in [-0.05, 0) is 31.4 Å². The summed E-state index contributed by atoms with van der Waals surface area (Å²) < 4.78 is 23.4. The molecular weight excluding hydrogens is 406 g/mol. The number of benzene rings is 1. The predicted molar refractivity (Wildman–Crippen MR) is 109 cm³/mol. The summed E-state index contributed by atoms with van der Waals surface area (Å²) in [6.45, 7) is 1.08. The number of amides is 2. The maximum absolute atomic E-state index is 12.4. The molecule has 3 N–H and O–H groups in total. The second-order valence-electron chi connectivity index (χ2n) is 7.52. The predicted octanol–water partition coefficient (Wildman–Crippen LogP) is 1.27. The lowest BCUT2D eigenvalue weighted by atomic mass is 9.97. The summed E-state index contributed by atoms with van der Waals surface area (Å²) >= 11 is 0. The van der Waals surface area contributed by atoms with Crippen LogP contribution in [0.5, 0.6) is 11.5 Å². The zero-order chi connectivity index (χ0) is 21.6. The minimum atomic E-state index is -0.471. The molecule has 2 amide bonds. The summed E-state index contributed by atoms with van der Waals surface area (Å²) in [6.07, 6.45) is 3.56. The average Bonchev–Trinajstić information content (AvgIpc) is 3.42. The second-order valence-corrected chi connectivity index (χ2v) is 7.52.